The van der Waals surface area contributed by atoms with E-state index in [1.807, 2.05) is 20.0 Å². The second-order valence-corrected chi connectivity index (χ2v) is 4.81. The minimum absolute atomic E-state index is 0.489. The van der Waals surface area contributed by atoms with Gasteiger partial charge in [-0.3, -0.25) is 0 Å². The molecule has 0 aromatic heterocycles. The van der Waals surface area contributed by atoms with Crippen molar-refractivity contribution in [3.8, 4) is 0 Å². The van der Waals surface area contributed by atoms with Gasteiger partial charge in [0, 0.05) is 18.2 Å². The summed E-state index contributed by atoms with van der Waals surface area (Å²) >= 11 is 0. The van der Waals surface area contributed by atoms with Crippen molar-refractivity contribution >= 4 is 5.97 Å². The van der Waals surface area contributed by atoms with Gasteiger partial charge in [-0.2, -0.15) is 0 Å². The van der Waals surface area contributed by atoms with E-state index in [4.69, 9.17) is 5.11 Å². The zero-order chi connectivity index (χ0) is 12.7. The van der Waals surface area contributed by atoms with Crippen molar-refractivity contribution in [2.24, 2.45) is 5.92 Å². The topological polar surface area (TPSA) is 40.5 Å². The van der Waals surface area contributed by atoms with E-state index >= 15 is 0 Å². The van der Waals surface area contributed by atoms with Crippen LogP contribution in [0, 0.1) is 5.92 Å². The third-order valence-electron chi connectivity index (χ3n) is 2.85. The fourth-order valence-electron chi connectivity index (χ4n) is 1.68. The molecule has 1 N–H and O–H groups in total. The average molecular weight is 227 g/mol. The number of carboxylic acids is 1. The third kappa shape index (κ3) is 5.91. The summed E-state index contributed by atoms with van der Waals surface area (Å²) in [4.78, 5) is 13.0. The number of hydrogen-bond acceptors (Lipinski definition) is 2. The van der Waals surface area contributed by atoms with Crippen LogP contribution in [-0.2, 0) is 4.79 Å². The van der Waals surface area contributed by atoms with Crippen LogP contribution in [0.1, 0.15) is 40.5 Å². The van der Waals surface area contributed by atoms with Gasteiger partial charge in [-0.25, -0.2) is 4.79 Å². The van der Waals surface area contributed by atoms with Gasteiger partial charge in [0.2, 0.25) is 0 Å². The van der Waals surface area contributed by atoms with Gasteiger partial charge in [0.25, 0.3) is 0 Å². The lowest BCUT2D eigenvalue weighted by molar-refractivity contribution is -0.132. The Labute approximate surface area is 99.1 Å². The van der Waals surface area contributed by atoms with Gasteiger partial charge in [-0.05, 0) is 32.7 Å². The molecule has 0 heterocycles. The molecule has 0 aliphatic rings. The van der Waals surface area contributed by atoms with Crippen molar-refractivity contribution in [2.75, 3.05) is 13.6 Å². The highest BCUT2D eigenvalue weighted by Crippen LogP contribution is 2.10. The second-order valence-electron chi connectivity index (χ2n) is 4.81. The predicted molar refractivity (Wildman–Crippen MR) is 67.6 cm³/mol. The van der Waals surface area contributed by atoms with Gasteiger partial charge in [0.1, 0.15) is 0 Å². The molecule has 0 fully saturated rings. The van der Waals surface area contributed by atoms with Gasteiger partial charge in [-0.1, -0.05) is 26.8 Å². The fourth-order valence-corrected chi connectivity index (χ4v) is 1.68. The quantitative estimate of drug-likeness (QED) is 0.680. The number of aliphatic carboxylic acids is 1. The molecule has 94 valence electrons. The van der Waals surface area contributed by atoms with Crippen LogP contribution in [0.2, 0.25) is 0 Å². The average Bonchev–Trinajstić information content (AvgIpc) is 2.16. The zero-order valence-electron chi connectivity index (χ0n) is 11.2. The lowest BCUT2D eigenvalue weighted by Gasteiger charge is -2.25. The van der Waals surface area contributed by atoms with E-state index in [1.165, 1.54) is 0 Å². The highest BCUT2D eigenvalue weighted by molar-refractivity contribution is 5.86. The number of rotatable bonds is 7. The molecule has 0 aliphatic carbocycles. The van der Waals surface area contributed by atoms with E-state index in [9.17, 15) is 4.79 Å². The van der Waals surface area contributed by atoms with Gasteiger partial charge >= 0.3 is 5.97 Å². The zero-order valence-corrected chi connectivity index (χ0v) is 11.2. The summed E-state index contributed by atoms with van der Waals surface area (Å²) in [6.07, 6.45) is 3.54. The lowest BCUT2D eigenvalue weighted by atomic mass is 10.0. The van der Waals surface area contributed by atoms with Crippen molar-refractivity contribution in [1.29, 1.82) is 0 Å². The highest BCUT2D eigenvalue weighted by atomic mass is 16.4. The van der Waals surface area contributed by atoms with Crippen molar-refractivity contribution < 1.29 is 9.90 Å². The smallest absolute Gasteiger partial charge is 0.331 e. The standard InChI is InChI=1S/C13H25NO2/c1-6-12(13(15)16)7-8-14(5)11(4)9-10(2)3/h7,10-11H,6,8-9H2,1-5H3,(H,15,16). The molecule has 0 spiro atoms. The molecule has 3 heteroatoms. The van der Waals surface area contributed by atoms with Gasteiger partial charge in [0.15, 0.2) is 0 Å². The maximum absolute atomic E-state index is 10.8. The summed E-state index contributed by atoms with van der Waals surface area (Å²) < 4.78 is 0. The van der Waals surface area contributed by atoms with E-state index < -0.39 is 5.97 Å². The Balaban J connectivity index is 4.23. The molecule has 1 atom stereocenters. The second kappa shape index (κ2) is 7.44. The first-order valence-corrected chi connectivity index (χ1v) is 6.01. The van der Waals surface area contributed by atoms with Crippen LogP contribution < -0.4 is 0 Å². The van der Waals surface area contributed by atoms with E-state index in [2.05, 4.69) is 25.7 Å². The van der Waals surface area contributed by atoms with Crippen LogP contribution in [0.25, 0.3) is 0 Å². The molecular formula is C13H25NO2. The molecule has 0 radical (unpaired) electrons. The fraction of sp³-hybridized carbons (Fsp3) is 0.769. The molecular weight excluding hydrogens is 202 g/mol. The number of likely N-dealkylation sites (N-methyl/N-ethyl adjacent to an activating group) is 1. The van der Waals surface area contributed by atoms with Gasteiger partial charge in [-0.15, -0.1) is 0 Å². The van der Waals surface area contributed by atoms with Crippen LogP contribution in [0.5, 0.6) is 0 Å². The number of nitrogens with zero attached hydrogens (tertiary/aromatic N) is 1. The Morgan fingerprint density at radius 2 is 1.94 bits per heavy atom. The van der Waals surface area contributed by atoms with Crippen LogP contribution in [-0.4, -0.2) is 35.6 Å². The lowest BCUT2D eigenvalue weighted by Crippen LogP contribution is -2.30. The highest BCUT2D eigenvalue weighted by Gasteiger charge is 2.11. The Hall–Kier alpha value is -0.830. The Kier molecular flexibility index (Phi) is 7.06. The Bertz CT molecular complexity index is 246. The normalized spacial score (nSPS) is 14.6. The van der Waals surface area contributed by atoms with Crippen molar-refractivity contribution in [2.45, 2.75) is 46.6 Å². The van der Waals surface area contributed by atoms with E-state index in [1.54, 1.807) is 0 Å². The SMILES string of the molecule is CCC(=CCN(C)C(C)CC(C)C)C(=O)O. The molecule has 0 saturated heterocycles. The summed E-state index contributed by atoms with van der Waals surface area (Å²) in [5, 5.41) is 8.88. The molecule has 0 aromatic rings. The maximum atomic E-state index is 10.8. The number of carboxylic acid groups (broad SMARTS) is 1. The van der Waals surface area contributed by atoms with Crippen molar-refractivity contribution in [3.05, 3.63) is 11.6 Å². The molecule has 0 aromatic carbocycles. The monoisotopic (exact) mass is 227 g/mol. The predicted octanol–water partition coefficient (Wildman–Crippen LogP) is 2.77. The molecule has 1 unspecified atom stereocenters. The first kappa shape index (κ1) is 15.2. The molecule has 0 bridgehead atoms. The first-order valence-electron chi connectivity index (χ1n) is 6.01. The number of carbonyl (C=O) groups is 1. The largest absolute Gasteiger partial charge is 0.478 e. The summed E-state index contributed by atoms with van der Waals surface area (Å²) in [6.45, 7) is 9.17. The van der Waals surface area contributed by atoms with Crippen molar-refractivity contribution in [3.63, 3.8) is 0 Å². The van der Waals surface area contributed by atoms with Gasteiger partial charge < -0.3 is 10.0 Å². The molecule has 0 rings (SSSR count). The molecule has 0 saturated carbocycles. The molecule has 16 heavy (non-hydrogen) atoms. The number of hydrogen-bond donors (Lipinski definition) is 1. The minimum atomic E-state index is -0.799. The Morgan fingerprint density at radius 1 is 1.38 bits per heavy atom. The summed E-state index contributed by atoms with van der Waals surface area (Å²) in [6, 6.07) is 0.489. The van der Waals surface area contributed by atoms with Crippen molar-refractivity contribution in [1.82, 2.24) is 4.90 Å². The summed E-state index contributed by atoms with van der Waals surface area (Å²) in [5.74, 6) is -0.126. The summed E-state index contributed by atoms with van der Waals surface area (Å²) in [7, 11) is 2.04. The Morgan fingerprint density at radius 3 is 2.31 bits per heavy atom. The molecule has 0 aliphatic heterocycles. The first-order chi connectivity index (χ1) is 7.38. The minimum Gasteiger partial charge on any atom is -0.478 e. The summed E-state index contributed by atoms with van der Waals surface area (Å²) in [5.41, 5.74) is 0.503. The van der Waals surface area contributed by atoms with Crippen LogP contribution >= 0.6 is 0 Å². The van der Waals surface area contributed by atoms with Gasteiger partial charge in [0.05, 0.1) is 0 Å². The molecule has 3 nitrogen and oxygen atoms in total. The van der Waals surface area contributed by atoms with Crippen LogP contribution in [0.15, 0.2) is 11.6 Å². The van der Waals surface area contributed by atoms with E-state index in [0.29, 0.717) is 30.5 Å². The van der Waals surface area contributed by atoms with Crippen LogP contribution in [0.3, 0.4) is 0 Å². The van der Waals surface area contributed by atoms with E-state index in [0.717, 1.165) is 6.42 Å². The van der Waals surface area contributed by atoms with E-state index in [-0.39, 0.29) is 0 Å². The molecule has 0 amide bonds. The maximum Gasteiger partial charge on any atom is 0.331 e. The third-order valence-corrected chi connectivity index (χ3v) is 2.85. The van der Waals surface area contributed by atoms with Crippen LogP contribution in [0.4, 0.5) is 0 Å².